The maximum atomic E-state index is 11.5. The number of carbonyl (C=O) groups is 2. The van der Waals surface area contributed by atoms with E-state index in [0.29, 0.717) is 29.7 Å². The third-order valence-electron chi connectivity index (χ3n) is 2.83. The van der Waals surface area contributed by atoms with E-state index in [1.165, 1.54) is 0 Å². The molecule has 0 amide bonds. The molecule has 0 unspecified atom stereocenters. The number of halogens is 1. The highest BCUT2D eigenvalue weighted by Gasteiger charge is 2.15. The van der Waals surface area contributed by atoms with E-state index in [-0.39, 0.29) is 18.5 Å². The van der Waals surface area contributed by atoms with Crippen molar-refractivity contribution < 1.29 is 19.1 Å². The molecule has 0 aromatic heterocycles. The normalized spacial score (nSPS) is 10.5. The predicted molar refractivity (Wildman–Crippen MR) is 85.2 cm³/mol. The average Bonchev–Trinajstić information content (AvgIpc) is 2.44. The van der Waals surface area contributed by atoms with Crippen LogP contribution in [-0.2, 0) is 21.3 Å². The molecular formula is C16H21BrO4. The number of esters is 1. The molecule has 0 aliphatic carbocycles. The fraction of sp³-hybridized carbons (Fsp3) is 0.500. The van der Waals surface area contributed by atoms with Gasteiger partial charge in [0, 0.05) is 22.9 Å². The first-order valence-corrected chi connectivity index (χ1v) is 8.13. The van der Waals surface area contributed by atoms with Crippen molar-refractivity contribution in [2.45, 2.75) is 45.0 Å². The van der Waals surface area contributed by atoms with E-state index in [9.17, 15) is 9.59 Å². The summed E-state index contributed by atoms with van der Waals surface area (Å²) in [6.45, 7) is 5.98. The third kappa shape index (κ3) is 5.50. The highest BCUT2D eigenvalue weighted by Crippen LogP contribution is 2.28. The largest absolute Gasteiger partial charge is 0.491 e. The minimum absolute atomic E-state index is 0.00331. The minimum atomic E-state index is -0.269. The van der Waals surface area contributed by atoms with E-state index in [1.54, 1.807) is 6.92 Å². The number of benzene rings is 1. The standard InChI is InChI=1S/C16H21BrO4/c1-4-20-16(19)6-5-14-13(10-18)7-12(9-17)8-15(14)21-11(2)3/h7-8,10-11H,4-6,9H2,1-3H3. The molecule has 0 saturated heterocycles. The van der Waals surface area contributed by atoms with Gasteiger partial charge in [-0.25, -0.2) is 0 Å². The van der Waals surface area contributed by atoms with Crippen molar-refractivity contribution in [3.63, 3.8) is 0 Å². The van der Waals surface area contributed by atoms with Crippen molar-refractivity contribution in [1.29, 1.82) is 0 Å². The summed E-state index contributed by atoms with van der Waals surface area (Å²) < 4.78 is 10.7. The average molecular weight is 357 g/mol. The van der Waals surface area contributed by atoms with Gasteiger partial charge in [0.15, 0.2) is 0 Å². The maximum absolute atomic E-state index is 11.5. The summed E-state index contributed by atoms with van der Waals surface area (Å²) in [6, 6.07) is 3.72. The van der Waals surface area contributed by atoms with Crippen LogP contribution in [0.25, 0.3) is 0 Å². The van der Waals surface area contributed by atoms with Gasteiger partial charge < -0.3 is 9.47 Å². The van der Waals surface area contributed by atoms with Gasteiger partial charge in [0.05, 0.1) is 12.7 Å². The van der Waals surface area contributed by atoms with Crippen LogP contribution in [0, 0.1) is 0 Å². The minimum Gasteiger partial charge on any atom is -0.491 e. The second-order valence-electron chi connectivity index (χ2n) is 4.88. The smallest absolute Gasteiger partial charge is 0.306 e. The summed E-state index contributed by atoms with van der Waals surface area (Å²) in [4.78, 5) is 22.8. The first kappa shape index (κ1) is 17.7. The van der Waals surface area contributed by atoms with Crippen molar-refractivity contribution in [2.24, 2.45) is 0 Å². The Morgan fingerprint density at radius 2 is 2.10 bits per heavy atom. The quantitative estimate of drug-likeness (QED) is 0.405. The molecule has 0 saturated carbocycles. The van der Waals surface area contributed by atoms with E-state index in [2.05, 4.69) is 15.9 Å². The first-order chi connectivity index (χ1) is 10.0. The SMILES string of the molecule is CCOC(=O)CCc1c(C=O)cc(CBr)cc1OC(C)C. The fourth-order valence-corrected chi connectivity index (χ4v) is 2.32. The van der Waals surface area contributed by atoms with Gasteiger partial charge in [0.2, 0.25) is 0 Å². The van der Waals surface area contributed by atoms with E-state index in [4.69, 9.17) is 9.47 Å². The molecule has 0 N–H and O–H groups in total. The molecular weight excluding hydrogens is 336 g/mol. The van der Waals surface area contributed by atoms with E-state index >= 15 is 0 Å². The molecule has 0 radical (unpaired) electrons. The van der Waals surface area contributed by atoms with Crippen LogP contribution >= 0.6 is 15.9 Å². The molecule has 116 valence electrons. The summed E-state index contributed by atoms with van der Waals surface area (Å²) in [6.07, 6.45) is 1.46. The molecule has 5 heteroatoms. The Morgan fingerprint density at radius 1 is 1.38 bits per heavy atom. The Bertz CT molecular complexity index is 497. The van der Waals surface area contributed by atoms with Crippen LogP contribution in [0.1, 0.15) is 48.7 Å². The van der Waals surface area contributed by atoms with Crippen LogP contribution < -0.4 is 4.74 Å². The Morgan fingerprint density at radius 3 is 2.62 bits per heavy atom. The summed E-state index contributed by atoms with van der Waals surface area (Å²) in [7, 11) is 0. The molecule has 0 atom stereocenters. The number of carbonyl (C=O) groups excluding carboxylic acids is 2. The highest BCUT2D eigenvalue weighted by molar-refractivity contribution is 9.08. The molecule has 21 heavy (non-hydrogen) atoms. The molecule has 0 fully saturated rings. The highest BCUT2D eigenvalue weighted by atomic mass is 79.9. The Kier molecular flexibility index (Phi) is 7.43. The number of ether oxygens (including phenoxy) is 2. The predicted octanol–water partition coefficient (Wildman–Crippen LogP) is 3.68. The van der Waals surface area contributed by atoms with Gasteiger partial charge in [-0.05, 0) is 44.9 Å². The number of rotatable bonds is 8. The zero-order chi connectivity index (χ0) is 15.8. The number of hydrogen-bond acceptors (Lipinski definition) is 4. The molecule has 1 aromatic rings. The van der Waals surface area contributed by atoms with Crippen LogP contribution in [0.4, 0.5) is 0 Å². The van der Waals surface area contributed by atoms with Gasteiger partial charge in [0.25, 0.3) is 0 Å². The number of hydrogen-bond donors (Lipinski definition) is 0. The Hall–Kier alpha value is -1.36. The first-order valence-electron chi connectivity index (χ1n) is 7.01. The second-order valence-corrected chi connectivity index (χ2v) is 5.45. The fourth-order valence-electron chi connectivity index (χ4n) is 2.00. The van der Waals surface area contributed by atoms with Gasteiger partial charge >= 0.3 is 5.97 Å². The molecule has 1 rings (SSSR count). The summed E-state index contributed by atoms with van der Waals surface area (Å²) in [5.41, 5.74) is 2.29. The second kappa shape index (κ2) is 8.82. The van der Waals surface area contributed by atoms with Crippen molar-refractivity contribution in [3.05, 3.63) is 28.8 Å². The van der Waals surface area contributed by atoms with Crippen LogP contribution in [0.3, 0.4) is 0 Å². The molecule has 4 nitrogen and oxygen atoms in total. The van der Waals surface area contributed by atoms with Crippen LogP contribution in [0.5, 0.6) is 5.75 Å². The van der Waals surface area contributed by atoms with E-state index < -0.39 is 0 Å². The van der Waals surface area contributed by atoms with Gasteiger partial charge in [-0.2, -0.15) is 0 Å². The molecule has 1 aromatic carbocycles. The van der Waals surface area contributed by atoms with Crippen molar-refractivity contribution in [2.75, 3.05) is 6.61 Å². The number of aldehydes is 1. The van der Waals surface area contributed by atoms with Gasteiger partial charge in [-0.3, -0.25) is 9.59 Å². The Balaban J connectivity index is 3.07. The molecule has 0 bridgehead atoms. The molecule has 0 heterocycles. The molecule has 0 aliphatic rings. The van der Waals surface area contributed by atoms with Crippen molar-refractivity contribution in [3.8, 4) is 5.75 Å². The lowest BCUT2D eigenvalue weighted by Gasteiger charge is -2.17. The summed E-state index contributed by atoms with van der Waals surface area (Å²) >= 11 is 3.38. The number of alkyl halides is 1. The lowest BCUT2D eigenvalue weighted by molar-refractivity contribution is -0.143. The van der Waals surface area contributed by atoms with E-state index in [1.807, 2.05) is 26.0 Å². The zero-order valence-electron chi connectivity index (χ0n) is 12.6. The van der Waals surface area contributed by atoms with Crippen molar-refractivity contribution in [1.82, 2.24) is 0 Å². The molecule has 0 spiro atoms. The zero-order valence-corrected chi connectivity index (χ0v) is 14.2. The van der Waals surface area contributed by atoms with Crippen LogP contribution in [-0.4, -0.2) is 25.0 Å². The molecule has 0 aliphatic heterocycles. The van der Waals surface area contributed by atoms with Crippen LogP contribution in [0.2, 0.25) is 0 Å². The van der Waals surface area contributed by atoms with Gasteiger partial charge in [-0.1, -0.05) is 15.9 Å². The monoisotopic (exact) mass is 356 g/mol. The van der Waals surface area contributed by atoms with Crippen LogP contribution in [0.15, 0.2) is 12.1 Å². The Labute approximate surface area is 133 Å². The van der Waals surface area contributed by atoms with Gasteiger partial charge in [0.1, 0.15) is 12.0 Å². The maximum Gasteiger partial charge on any atom is 0.306 e. The topological polar surface area (TPSA) is 52.6 Å². The summed E-state index contributed by atoms with van der Waals surface area (Å²) in [5.74, 6) is 0.391. The summed E-state index contributed by atoms with van der Waals surface area (Å²) in [5, 5.41) is 0.639. The lowest BCUT2D eigenvalue weighted by Crippen LogP contribution is -2.11. The third-order valence-corrected chi connectivity index (χ3v) is 3.48. The lowest BCUT2D eigenvalue weighted by atomic mass is 9.99. The van der Waals surface area contributed by atoms with Gasteiger partial charge in [-0.15, -0.1) is 0 Å². The van der Waals surface area contributed by atoms with Crippen molar-refractivity contribution >= 4 is 28.2 Å². The van der Waals surface area contributed by atoms with E-state index in [0.717, 1.165) is 17.4 Å².